The van der Waals surface area contributed by atoms with Gasteiger partial charge < -0.3 is 16.4 Å². The molecule has 2 heterocycles. The van der Waals surface area contributed by atoms with Gasteiger partial charge in [0.05, 0.1) is 11.9 Å². The lowest BCUT2D eigenvalue weighted by Gasteiger charge is -2.29. The Morgan fingerprint density at radius 2 is 1.90 bits per heavy atom. The quantitative estimate of drug-likeness (QED) is 0.605. The van der Waals surface area contributed by atoms with Crippen LogP contribution in [-0.4, -0.2) is 26.7 Å². The Labute approximate surface area is 170 Å². The monoisotopic (exact) mass is 389 g/mol. The molecule has 1 aromatic carbocycles. The van der Waals surface area contributed by atoms with Crippen LogP contribution in [0, 0.1) is 11.3 Å². The van der Waals surface area contributed by atoms with E-state index in [0.29, 0.717) is 23.4 Å². The van der Waals surface area contributed by atoms with Crippen LogP contribution in [0.2, 0.25) is 0 Å². The van der Waals surface area contributed by atoms with Gasteiger partial charge in [-0.05, 0) is 43.7 Å². The minimum atomic E-state index is 0.217. The van der Waals surface area contributed by atoms with Crippen molar-refractivity contribution in [1.29, 1.82) is 5.26 Å². The van der Waals surface area contributed by atoms with Crippen molar-refractivity contribution in [2.45, 2.75) is 57.5 Å². The van der Waals surface area contributed by atoms with Gasteiger partial charge in [0.15, 0.2) is 17.2 Å². The van der Waals surface area contributed by atoms with Gasteiger partial charge in [-0.3, -0.25) is 0 Å². The molecular weight excluding hydrogens is 362 g/mol. The molecule has 3 aromatic rings. The fourth-order valence-electron chi connectivity index (χ4n) is 4.00. The molecule has 150 valence electrons. The van der Waals surface area contributed by atoms with Crippen molar-refractivity contribution in [2.24, 2.45) is 5.73 Å². The maximum absolute atomic E-state index is 9.52. The highest BCUT2D eigenvalue weighted by Gasteiger charge is 2.25. The van der Waals surface area contributed by atoms with Crippen LogP contribution in [0.4, 0.5) is 17.2 Å². The highest BCUT2D eigenvalue weighted by molar-refractivity contribution is 5.81. The number of fused-ring (bicyclic) bond motifs is 1. The molecule has 0 amide bonds. The van der Waals surface area contributed by atoms with Crippen LogP contribution in [-0.2, 0) is 0 Å². The Morgan fingerprint density at radius 1 is 1.17 bits per heavy atom. The van der Waals surface area contributed by atoms with Gasteiger partial charge in [0.25, 0.3) is 0 Å². The number of hydrogen-bond donors (Lipinski definition) is 3. The molecule has 0 unspecified atom stereocenters. The smallest absolute Gasteiger partial charge is 0.179 e. The molecule has 7 heteroatoms. The lowest BCUT2D eigenvalue weighted by Crippen LogP contribution is -2.33. The predicted molar refractivity (Wildman–Crippen MR) is 115 cm³/mol. The summed E-state index contributed by atoms with van der Waals surface area (Å²) in [4.78, 5) is 4.50. The van der Waals surface area contributed by atoms with Crippen molar-refractivity contribution in [3.8, 4) is 6.07 Å². The summed E-state index contributed by atoms with van der Waals surface area (Å²) in [6, 6.07) is 12.8. The third-order valence-electron chi connectivity index (χ3n) is 5.53. The molecule has 0 radical (unpaired) electrons. The van der Waals surface area contributed by atoms with E-state index in [-0.39, 0.29) is 5.92 Å². The number of nitrogens with zero attached hydrogens (tertiary/aromatic N) is 4. The number of anilines is 3. The molecule has 1 aliphatic carbocycles. The number of benzene rings is 1. The van der Waals surface area contributed by atoms with Gasteiger partial charge in [0, 0.05) is 23.3 Å². The molecule has 4 rings (SSSR count). The molecular formula is C22H27N7. The highest BCUT2D eigenvalue weighted by Crippen LogP contribution is 2.36. The third-order valence-corrected chi connectivity index (χ3v) is 5.53. The zero-order valence-corrected chi connectivity index (χ0v) is 16.9. The van der Waals surface area contributed by atoms with E-state index in [0.717, 1.165) is 48.4 Å². The van der Waals surface area contributed by atoms with Crippen LogP contribution >= 0.6 is 0 Å². The second-order valence-electron chi connectivity index (χ2n) is 8.03. The first kappa shape index (κ1) is 19.2. The minimum Gasteiger partial charge on any atom is -0.366 e. The lowest BCUT2D eigenvalue weighted by molar-refractivity contribution is 0.410. The maximum atomic E-state index is 9.52. The number of imidazole rings is 1. The fraction of sp³-hybridized carbons (Fsp3) is 0.409. The number of aromatic nitrogens is 3. The molecule has 0 atom stereocenters. The third kappa shape index (κ3) is 3.89. The summed E-state index contributed by atoms with van der Waals surface area (Å²) >= 11 is 0. The van der Waals surface area contributed by atoms with Gasteiger partial charge in [-0.1, -0.05) is 32.0 Å². The van der Waals surface area contributed by atoms with E-state index in [1.54, 1.807) is 10.7 Å². The van der Waals surface area contributed by atoms with Gasteiger partial charge in [0.2, 0.25) is 0 Å². The van der Waals surface area contributed by atoms with E-state index in [4.69, 9.17) is 10.8 Å². The Balaban J connectivity index is 1.83. The van der Waals surface area contributed by atoms with Crippen molar-refractivity contribution in [3.05, 3.63) is 47.8 Å². The van der Waals surface area contributed by atoms with Gasteiger partial charge in [-0.25, -0.2) is 4.98 Å². The second-order valence-corrected chi connectivity index (χ2v) is 8.03. The van der Waals surface area contributed by atoms with Gasteiger partial charge in [-0.15, -0.1) is 5.10 Å². The topological polar surface area (TPSA) is 104 Å². The van der Waals surface area contributed by atoms with Gasteiger partial charge >= 0.3 is 0 Å². The molecule has 29 heavy (non-hydrogen) atoms. The van der Waals surface area contributed by atoms with Crippen LogP contribution in [0.1, 0.15) is 56.7 Å². The van der Waals surface area contributed by atoms with Crippen LogP contribution < -0.4 is 16.4 Å². The van der Waals surface area contributed by atoms with E-state index >= 15 is 0 Å². The van der Waals surface area contributed by atoms with Crippen LogP contribution in [0.3, 0.4) is 0 Å². The van der Waals surface area contributed by atoms with Crippen molar-refractivity contribution in [1.82, 2.24) is 14.6 Å². The van der Waals surface area contributed by atoms with Crippen molar-refractivity contribution >= 4 is 22.8 Å². The molecule has 0 spiro atoms. The summed E-state index contributed by atoms with van der Waals surface area (Å²) < 4.78 is 1.63. The summed E-state index contributed by atoms with van der Waals surface area (Å²) in [5.74, 6) is 1.02. The Hall–Kier alpha value is -3.11. The normalized spacial score (nSPS) is 19.3. The molecule has 1 fully saturated rings. The SMILES string of the molecule is CC(C)c1c(NC2CCC(N)CC2)nn2c(C#N)cnc2c1Nc1ccccc1. The van der Waals surface area contributed by atoms with E-state index in [1.165, 1.54) is 0 Å². The van der Waals surface area contributed by atoms with E-state index in [9.17, 15) is 5.26 Å². The van der Waals surface area contributed by atoms with E-state index in [1.807, 2.05) is 30.3 Å². The van der Waals surface area contributed by atoms with Crippen LogP contribution in [0.5, 0.6) is 0 Å². The van der Waals surface area contributed by atoms with Gasteiger partial charge in [-0.2, -0.15) is 9.78 Å². The van der Waals surface area contributed by atoms with Crippen molar-refractivity contribution in [2.75, 3.05) is 10.6 Å². The summed E-state index contributed by atoms with van der Waals surface area (Å²) in [5, 5.41) is 21.5. The number of nitrogens with one attached hydrogen (secondary N) is 2. The zero-order chi connectivity index (χ0) is 20.4. The predicted octanol–water partition coefficient (Wildman–Crippen LogP) is 4.15. The molecule has 2 aromatic heterocycles. The van der Waals surface area contributed by atoms with Crippen LogP contribution in [0.15, 0.2) is 36.5 Å². The lowest BCUT2D eigenvalue weighted by atomic mass is 9.91. The maximum Gasteiger partial charge on any atom is 0.179 e. The number of nitriles is 1. The molecule has 4 N–H and O–H groups in total. The van der Waals surface area contributed by atoms with E-state index < -0.39 is 0 Å². The molecule has 0 saturated heterocycles. The summed E-state index contributed by atoms with van der Waals surface area (Å²) in [7, 11) is 0. The Bertz CT molecular complexity index is 1020. The summed E-state index contributed by atoms with van der Waals surface area (Å²) in [6.45, 7) is 4.31. The first-order chi connectivity index (χ1) is 14.1. The van der Waals surface area contributed by atoms with Gasteiger partial charge in [0.1, 0.15) is 6.07 Å². The average Bonchev–Trinajstić information content (AvgIpc) is 3.13. The Kier molecular flexibility index (Phi) is 5.36. The second kappa shape index (κ2) is 8.10. The largest absolute Gasteiger partial charge is 0.366 e. The average molecular weight is 390 g/mol. The highest BCUT2D eigenvalue weighted by atomic mass is 15.3. The molecule has 0 aliphatic heterocycles. The zero-order valence-electron chi connectivity index (χ0n) is 16.9. The molecule has 1 aliphatic rings. The number of nitrogens with two attached hydrogens (primary N) is 1. The standard InChI is InChI=1S/C22H27N7/c1-14(2)19-20(26-16-6-4-3-5-7-16)22-25-13-18(12-23)29(22)28-21(19)27-17-10-8-15(24)9-11-17/h3-7,13-15,17,26H,8-11,24H2,1-2H3,(H,27,28). The van der Waals surface area contributed by atoms with E-state index in [2.05, 4.69) is 35.5 Å². The fourth-order valence-corrected chi connectivity index (χ4v) is 4.00. The van der Waals surface area contributed by atoms with Crippen molar-refractivity contribution < 1.29 is 0 Å². The number of hydrogen-bond acceptors (Lipinski definition) is 6. The Morgan fingerprint density at radius 3 is 2.55 bits per heavy atom. The van der Waals surface area contributed by atoms with Crippen LogP contribution in [0.25, 0.3) is 5.65 Å². The first-order valence-corrected chi connectivity index (χ1v) is 10.2. The number of para-hydroxylation sites is 1. The summed E-state index contributed by atoms with van der Waals surface area (Å²) in [5.41, 5.74) is 10.1. The van der Waals surface area contributed by atoms with Crippen molar-refractivity contribution in [3.63, 3.8) is 0 Å². The first-order valence-electron chi connectivity index (χ1n) is 10.2. The molecule has 1 saturated carbocycles. The molecule has 0 bridgehead atoms. The molecule has 7 nitrogen and oxygen atoms in total. The minimum absolute atomic E-state index is 0.217. The summed E-state index contributed by atoms with van der Waals surface area (Å²) in [6.07, 6.45) is 5.65. The number of rotatable bonds is 5.